The van der Waals surface area contributed by atoms with Gasteiger partial charge in [0, 0.05) is 6.20 Å². The van der Waals surface area contributed by atoms with Crippen LogP contribution in [0.5, 0.6) is 0 Å². The summed E-state index contributed by atoms with van der Waals surface area (Å²) in [5.74, 6) is 0. The number of pyridine rings is 1. The number of imide groups is 1. The van der Waals surface area contributed by atoms with E-state index in [1.165, 1.54) is 0 Å². The second-order valence-corrected chi connectivity index (χ2v) is 8.28. The normalized spacial score (nSPS) is 12.1. The lowest BCUT2D eigenvalue weighted by Gasteiger charge is -2.28. The molecule has 2 amide bonds. The summed E-state index contributed by atoms with van der Waals surface area (Å²) in [6.45, 7) is 10.4. The molecule has 0 bridgehead atoms. The average molecular weight is 412 g/mol. The molecule has 2 rings (SSSR count). The highest BCUT2D eigenvalue weighted by Gasteiger charge is 2.34. The van der Waals surface area contributed by atoms with E-state index in [1.807, 2.05) is 0 Å². The summed E-state index contributed by atoms with van der Waals surface area (Å²) in [5, 5.41) is 0. The fourth-order valence-electron chi connectivity index (χ4n) is 2.03. The van der Waals surface area contributed by atoms with Gasteiger partial charge in [0.2, 0.25) is 0 Å². The Balaban J connectivity index is 2.53. The number of ether oxygens (including phenoxy) is 2. The van der Waals surface area contributed by atoms with Gasteiger partial charge in [-0.15, -0.1) is 0 Å². The van der Waals surface area contributed by atoms with Crippen molar-refractivity contribution in [3.63, 3.8) is 0 Å². The number of halogens is 1. The van der Waals surface area contributed by atoms with Crippen LogP contribution in [0.2, 0.25) is 0 Å². The van der Waals surface area contributed by atoms with Gasteiger partial charge in [0.15, 0.2) is 5.65 Å². The third-order valence-corrected chi connectivity index (χ3v) is 3.45. The SMILES string of the molecule is CC(C)(C)OC(=O)N(C(=O)OC(C)(C)C)c1cccn2c(Br)cnc12. The van der Waals surface area contributed by atoms with Gasteiger partial charge in [-0.2, -0.15) is 4.90 Å². The molecule has 0 saturated heterocycles. The standard InChI is InChI=1S/C17H22BrN3O4/c1-16(2,3)24-14(22)21(15(23)25-17(4,5)6)11-8-7-9-20-12(18)10-19-13(11)20/h7-10H,1-6H3. The largest absolute Gasteiger partial charge is 0.443 e. The van der Waals surface area contributed by atoms with Gasteiger partial charge < -0.3 is 9.47 Å². The van der Waals surface area contributed by atoms with Crippen molar-refractivity contribution in [2.24, 2.45) is 0 Å². The molecule has 0 unspecified atom stereocenters. The Labute approximate surface area is 155 Å². The molecule has 8 heteroatoms. The molecule has 7 nitrogen and oxygen atoms in total. The van der Waals surface area contributed by atoms with Crippen molar-refractivity contribution < 1.29 is 19.1 Å². The number of imidazole rings is 1. The summed E-state index contributed by atoms with van der Waals surface area (Å²) in [6.07, 6.45) is 1.70. The lowest BCUT2D eigenvalue weighted by atomic mass is 10.2. The monoisotopic (exact) mass is 411 g/mol. The number of carbonyl (C=O) groups is 2. The minimum Gasteiger partial charge on any atom is -0.443 e. The van der Waals surface area contributed by atoms with Crippen molar-refractivity contribution in [3.8, 4) is 0 Å². The summed E-state index contributed by atoms with van der Waals surface area (Å²) >= 11 is 3.37. The van der Waals surface area contributed by atoms with Crippen molar-refractivity contribution in [2.75, 3.05) is 4.90 Å². The highest BCUT2D eigenvalue weighted by atomic mass is 79.9. The van der Waals surface area contributed by atoms with Gasteiger partial charge in [0.1, 0.15) is 21.5 Å². The molecule has 136 valence electrons. The number of hydrogen-bond donors (Lipinski definition) is 0. The molecule has 0 radical (unpaired) electrons. The Morgan fingerprint density at radius 3 is 2.08 bits per heavy atom. The van der Waals surface area contributed by atoms with Gasteiger partial charge >= 0.3 is 12.2 Å². The van der Waals surface area contributed by atoms with Crippen LogP contribution in [0.25, 0.3) is 5.65 Å². The maximum atomic E-state index is 12.7. The molecule has 0 aliphatic rings. The molecule has 2 aromatic rings. The Kier molecular flexibility index (Phi) is 5.13. The van der Waals surface area contributed by atoms with E-state index < -0.39 is 23.4 Å². The smallest absolute Gasteiger partial charge is 0.424 e. The Hall–Kier alpha value is -2.09. The molecule has 0 aliphatic heterocycles. The first-order chi connectivity index (χ1) is 11.4. The molecular formula is C17H22BrN3O4. The number of fused-ring (bicyclic) bond motifs is 1. The zero-order valence-electron chi connectivity index (χ0n) is 15.2. The number of nitrogens with zero attached hydrogens (tertiary/aromatic N) is 3. The van der Waals surface area contributed by atoms with Crippen LogP contribution in [0.4, 0.5) is 15.3 Å². The molecule has 0 fully saturated rings. The molecule has 2 aromatic heterocycles. The minimum absolute atomic E-state index is 0.275. The molecule has 0 aliphatic carbocycles. The number of hydrogen-bond acceptors (Lipinski definition) is 5. The molecule has 0 N–H and O–H groups in total. The van der Waals surface area contributed by atoms with Crippen molar-refractivity contribution in [1.29, 1.82) is 0 Å². The lowest BCUT2D eigenvalue weighted by Crippen LogP contribution is -2.44. The first-order valence-electron chi connectivity index (χ1n) is 7.77. The van der Waals surface area contributed by atoms with Crippen LogP contribution in [0.1, 0.15) is 41.5 Å². The molecule has 25 heavy (non-hydrogen) atoms. The van der Waals surface area contributed by atoms with Crippen molar-refractivity contribution in [1.82, 2.24) is 9.38 Å². The first kappa shape index (κ1) is 19.2. The Morgan fingerprint density at radius 2 is 1.60 bits per heavy atom. The van der Waals surface area contributed by atoms with Crippen LogP contribution < -0.4 is 4.90 Å². The number of rotatable bonds is 1. The van der Waals surface area contributed by atoms with E-state index in [0.29, 0.717) is 10.3 Å². The predicted octanol–water partition coefficient (Wildman–Crippen LogP) is 4.77. The molecule has 0 spiro atoms. The van der Waals surface area contributed by atoms with E-state index in [2.05, 4.69) is 20.9 Å². The summed E-state index contributed by atoms with van der Waals surface area (Å²) in [5.41, 5.74) is -0.834. The molecule has 2 heterocycles. The topological polar surface area (TPSA) is 73.1 Å². The molecule has 0 aromatic carbocycles. The van der Waals surface area contributed by atoms with E-state index >= 15 is 0 Å². The summed E-state index contributed by atoms with van der Waals surface area (Å²) in [4.78, 5) is 30.5. The van der Waals surface area contributed by atoms with Crippen LogP contribution in [-0.2, 0) is 9.47 Å². The van der Waals surface area contributed by atoms with Crippen LogP contribution in [-0.4, -0.2) is 32.8 Å². The van der Waals surface area contributed by atoms with Gasteiger partial charge in [0.05, 0.1) is 6.20 Å². The summed E-state index contributed by atoms with van der Waals surface area (Å²) in [7, 11) is 0. The highest BCUT2D eigenvalue weighted by Crippen LogP contribution is 2.27. The number of aromatic nitrogens is 2. The quantitative estimate of drug-likeness (QED) is 0.675. The van der Waals surface area contributed by atoms with E-state index in [9.17, 15) is 9.59 Å². The number of amides is 2. The van der Waals surface area contributed by atoms with Crippen LogP contribution >= 0.6 is 15.9 Å². The third-order valence-electron chi connectivity index (χ3n) is 2.86. The summed E-state index contributed by atoms with van der Waals surface area (Å²) < 4.78 is 13.2. The first-order valence-corrected chi connectivity index (χ1v) is 8.56. The van der Waals surface area contributed by atoms with Gasteiger partial charge in [-0.25, -0.2) is 14.6 Å². The Bertz CT molecular complexity index is 774. The Morgan fingerprint density at radius 1 is 1.08 bits per heavy atom. The van der Waals surface area contributed by atoms with E-state index in [-0.39, 0.29) is 5.69 Å². The fourth-order valence-corrected chi connectivity index (χ4v) is 2.42. The van der Waals surface area contributed by atoms with Crippen LogP contribution in [0, 0.1) is 0 Å². The van der Waals surface area contributed by atoms with E-state index in [1.54, 1.807) is 70.5 Å². The van der Waals surface area contributed by atoms with Gasteiger partial charge in [-0.1, -0.05) is 0 Å². The molecule has 0 saturated carbocycles. The zero-order chi connectivity index (χ0) is 19.0. The second-order valence-electron chi connectivity index (χ2n) is 7.46. The summed E-state index contributed by atoms with van der Waals surface area (Å²) in [6, 6.07) is 3.32. The van der Waals surface area contributed by atoms with Gasteiger partial charge in [0.25, 0.3) is 0 Å². The van der Waals surface area contributed by atoms with Crippen molar-refractivity contribution >= 4 is 39.5 Å². The van der Waals surface area contributed by atoms with Crippen molar-refractivity contribution in [2.45, 2.75) is 52.7 Å². The van der Waals surface area contributed by atoms with Crippen LogP contribution in [0.15, 0.2) is 29.1 Å². The maximum absolute atomic E-state index is 12.7. The third kappa shape index (κ3) is 4.72. The zero-order valence-corrected chi connectivity index (χ0v) is 16.7. The van der Waals surface area contributed by atoms with Crippen molar-refractivity contribution in [3.05, 3.63) is 29.1 Å². The van der Waals surface area contributed by atoms with Gasteiger partial charge in [-0.3, -0.25) is 4.40 Å². The molecular weight excluding hydrogens is 390 g/mol. The highest BCUT2D eigenvalue weighted by molar-refractivity contribution is 9.10. The molecule has 0 atom stereocenters. The lowest BCUT2D eigenvalue weighted by molar-refractivity contribution is 0.0431. The predicted molar refractivity (Wildman–Crippen MR) is 97.8 cm³/mol. The number of carbonyl (C=O) groups excluding carboxylic acids is 2. The maximum Gasteiger partial charge on any atom is 0.424 e. The second kappa shape index (κ2) is 6.67. The fraction of sp³-hybridized carbons (Fsp3) is 0.471. The van der Waals surface area contributed by atoms with E-state index in [4.69, 9.17) is 9.47 Å². The van der Waals surface area contributed by atoms with Crippen LogP contribution in [0.3, 0.4) is 0 Å². The minimum atomic E-state index is -0.825. The number of anilines is 1. The van der Waals surface area contributed by atoms with Gasteiger partial charge in [-0.05, 0) is 69.6 Å². The average Bonchev–Trinajstić information content (AvgIpc) is 2.77. The van der Waals surface area contributed by atoms with E-state index in [0.717, 1.165) is 4.90 Å².